The minimum Gasteiger partial charge on any atom is -0.394 e. The van der Waals surface area contributed by atoms with Gasteiger partial charge >= 0.3 is 0 Å². The number of nitrogens with one attached hydrogen (secondary N) is 2. The van der Waals surface area contributed by atoms with Crippen LogP contribution in [0, 0.1) is 5.92 Å². The summed E-state index contributed by atoms with van der Waals surface area (Å²) in [4.78, 5) is 54.2. The number of guanidine groups is 1. The monoisotopic (exact) mass is 544 g/mol. The van der Waals surface area contributed by atoms with Crippen LogP contribution >= 0.6 is 0 Å². The van der Waals surface area contributed by atoms with Crippen molar-refractivity contribution in [2.45, 2.75) is 63.7 Å². The second-order valence-corrected chi connectivity index (χ2v) is 9.55. The van der Waals surface area contributed by atoms with Crippen molar-refractivity contribution in [1.29, 1.82) is 0 Å². The highest BCUT2D eigenvalue weighted by molar-refractivity contribution is 5.97. The molecule has 0 aliphatic rings. The van der Waals surface area contributed by atoms with Crippen LogP contribution in [0.15, 0.2) is 35.5 Å². The summed E-state index contributed by atoms with van der Waals surface area (Å²) >= 11 is 0. The molecule has 0 unspecified atom stereocenters. The lowest BCUT2D eigenvalue weighted by Crippen LogP contribution is -2.56. The summed E-state index contributed by atoms with van der Waals surface area (Å²) < 4.78 is 1.35. The highest BCUT2D eigenvalue weighted by Crippen LogP contribution is 2.23. The van der Waals surface area contributed by atoms with E-state index in [0.29, 0.717) is 48.6 Å². The number of hydrogen-bond acceptors (Lipinski definition) is 8. The third kappa shape index (κ3) is 8.60. The molecule has 13 nitrogen and oxygen atoms in total. The molecule has 5 atom stereocenters. The molecular formula is C26H40N8O5. The van der Waals surface area contributed by atoms with E-state index >= 15 is 0 Å². The second kappa shape index (κ2) is 15.0. The van der Waals surface area contributed by atoms with Gasteiger partial charge < -0.3 is 43.5 Å². The van der Waals surface area contributed by atoms with Gasteiger partial charge in [0.1, 0.15) is 18.4 Å². The first-order valence-electron chi connectivity index (χ1n) is 12.9. The van der Waals surface area contributed by atoms with E-state index < -0.39 is 48.5 Å². The molecule has 13 heteroatoms. The van der Waals surface area contributed by atoms with Crippen LogP contribution in [0.5, 0.6) is 0 Å². The van der Waals surface area contributed by atoms with Gasteiger partial charge in [0.15, 0.2) is 5.96 Å². The van der Waals surface area contributed by atoms with Gasteiger partial charge in [0, 0.05) is 18.1 Å². The summed E-state index contributed by atoms with van der Waals surface area (Å²) in [6.45, 7) is 3.50. The van der Waals surface area contributed by atoms with Crippen molar-refractivity contribution in [3.8, 4) is 0 Å². The fourth-order valence-corrected chi connectivity index (χ4v) is 4.11. The van der Waals surface area contributed by atoms with Crippen molar-refractivity contribution in [1.82, 2.24) is 15.2 Å². The van der Waals surface area contributed by atoms with E-state index in [4.69, 9.17) is 22.9 Å². The molecule has 2 aromatic rings. The number of carbonyl (C=O) groups is 4. The van der Waals surface area contributed by atoms with Crippen LogP contribution in [-0.4, -0.2) is 77.0 Å². The molecule has 0 aliphatic heterocycles. The lowest BCUT2D eigenvalue weighted by molar-refractivity contribution is -0.131. The lowest BCUT2D eigenvalue weighted by atomic mass is 9.96. The number of aliphatic hydroxyl groups is 1. The number of benzene rings is 1. The maximum atomic E-state index is 13.1. The predicted octanol–water partition coefficient (Wildman–Crippen LogP) is -1.26. The Kier molecular flexibility index (Phi) is 12.0. The number of hydrogen-bond donors (Lipinski definition) is 7. The van der Waals surface area contributed by atoms with Gasteiger partial charge in [-0.15, -0.1) is 0 Å². The predicted molar refractivity (Wildman–Crippen MR) is 149 cm³/mol. The Morgan fingerprint density at radius 2 is 1.79 bits per heavy atom. The Morgan fingerprint density at radius 3 is 2.41 bits per heavy atom. The summed E-state index contributed by atoms with van der Waals surface area (Å²) in [5.74, 6) is -1.84. The van der Waals surface area contributed by atoms with Crippen LogP contribution in [-0.2, 0) is 20.8 Å². The van der Waals surface area contributed by atoms with Gasteiger partial charge in [-0.1, -0.05) is 38.5 Å². The number of aldehydes is 1. The quantitative estimate of drug-likeness (QED) is 0.0612. The van der Waals surface area contributed by atoms with Crippen molar-refractivity contribution < 1.29 is 24.3 Å². The zero-order valence-corrected chi connectivity index (χ0v) is 22.4. The first kappa shape index (κ1) is 31.4. The van der Waals surface area contributed by atoms with E-state index in [1.807, 2.05) is 13.8 Å². The van der Waals surface area contributed by atoms with Crippen molar-refractivity contribution in [3.63, 3.8) is 0 Å². The number of aliphatic imine (C=N–C) groups is 1. The van der Waals surface area contributed by atoms with Gasteiger partial charge in [-0.3, -0.25) is 23.9 Å². The van der Waals surface area contributed by atoms with Gasteiger partial charge in [0.2, 0.25) is 17.7 Å². The number of para-hydroxylation sites is 1. The summed E-state index contributed by atoms with van der Waals surface area (Å²) in [6.07, 6.45) is 3.67. The van der Waals surface area contributed by atoms with E-state index in [-0.39, 0.29) is 18.3 Å². The summed E-state index contributed by atoms with van der Waals surface area (Å²) in [5, 5.41) is 15.4. The van der Waals surface area contributed by atoms with Crippen LogP contribution in [0.3, 0.4) is 0 Å². The van der Waals surface area contributed by atoms with Crippen molar-refractivity contribution in [3.05, 3.63) is 36.0 Å². The number of aliphatic hydroxyl groups excluding tert-OH is 1. The number of nitrogens with zero attached hydrogens (tertiary/aromatic N) is 2. The fourth-order valence-electron chi connectivity index (χ4n) is 4.11. The molecule has 0 aliphatic carbocycles. The van der Waals surface area contributed by atoms with E-state index in [9.17, 15) is 24.3 Å². The molecule has 0 saturated heterocycles. The van der Waals surface area contributed by atoms with Crippen molar-refractivity contribution >= 4 is 40.9 Å². The molecule has 1 aromatic carbocycles. The molecule has 11 N–H and O–H groups in total. The molecule has 39 heavy (non-hydrogen) atoms. The second-order valence-electron chi connectivity index (χ2n) is 9.55. The SMILES string of the molecule is CC[C@H](C)[C@H](NC(=O)[C@@H](N)Cc1cn(C(=O)[C@@H](N)CO)c2ccccc12)C(=O)N[C@H](C=O)CCCN=C(N)N. The van der Waals surface area contributed by atoms with E-state index in [1.165, 1.54) is 4.57 Å². The van der Waals surface area contributed by atoms with E-state index in [0.717, 1.165) is 0 Å². The molecule has 1 heterocycles. The maximum Gasteiger partial charge on any atom is 0.250 e. The number of aromatic nitrogens is 1. The minimum atomic E-state index is -1.10. The number of amides is 2. The Labute approximate surface area is 227 Å². The average Bonchev–Trinajstić information content (AvgIpc) is 3.29. The van der Waals surface area contributed by atoms with Crippen LogP contribution in [0.25, 0.3) is 10.9 Å². The normalized spacial score (nSPS) is 15.0. The van der Waals surface area contributed by atoms with Gasteiger partial charge in [0.05, 0.1) is 24.2 Å². The Bertz CT molecular complexity index is 1180. The first-order valence-corrected chi connectivity index (χ1v) is 12.9. The van der Waals surface area contributed by atoms with Crippen LogP contribution in [0.1, 0.15) is 43.5 Å². The highest BCUT2D eigenvalue weighted by Gasteiger charge is 2.30. The Balaban J connectivity index is 2.14. The van der Waals surface area contributed by atoms with E-state index in [2.05, 4.69) is 15.6 Å². The molecule has 0 bridgehead atoms. The van der Waals surface area contributed by atoms with Crippen LogP contribution < -0.4 is 33.6 Å². The van der Waals surface area contributed by atoms with Gasteiger partial charge in [-0.25, -0.2) is 0 Å². The number of carbonyl (C=O) groups excluding carboxylic acids is 4. The van der Waals surface area contributed by atoms with Gasteiger partial charge in [-0.2, -0.15) is 0 Å². The fraction of sp³-hybridized carbons (Fsp3) is 0.500. The lowest BCUT2D eigenvalue weighted by Gasteiger charge is -2.26. The smallest absolute Gasteiger partial charge is 0.250 e. The maximum absolute atomic E-state index is 13.1. The summed E-state index contributed by atoms with van der Waals surface area (Å²) in [6, 6.07) is 3.27. The third-order valence-corrected chi connectivity index (χ3v) is 6.58. The summed E-state index contributed by atoms with van der Waals surface area (Å²) in [7, 11) is 0. The largest absolute Gasteiger partial charge is 0.394 e. The molecule has 1 aromatic heterocycles. The Morgan fingerprint density at radius 1 is 1.10 bits per heavy atom. The van der Waals surface area contributed by atoms with Gasteiger partial charge in [0.25, 0.3) is 0 Å². The Hall–Kier alpha value is -3.81. The van der Waals surface area contributed by atoms with Crippen LogP contribution in [0.4, 0.5) is 0 Å². The van der Waals surface area contributed by atoms with Gasteiger partial charge in [-0.05, 0) is 36.8 Å². The zero-order valence-electron chi connectivity index (χ0n) is 22.4. The molecule has 2 amide bonds. The van der Waals surface area contributed by atoms with Crippen molar-refractivity contribution in [2.75, 3.05) is 13.2 Å². The van der Waals surface area contributed by atoms with E-state index in [1.54, 1.807) is 30.5 Å². The molecule has 0 spiro atoms. The first-order chi connectivity index (χ1) is 18.5. The molecule has 2 rings (SSSR count). The van der Waals surface area contributed by atoms with Crippen LogP contribution in [0.2, 0.25) is 0 Å². The standard InChI is InChI=1S/C26H40N8O5/c1-3-15(2)22(24(38)32-17(13-35)7-6-10-31-26(29)30)33-23(37)19(27)11-16-12-34(25(39)20(28)14-36)21-9-5-4-8-18(16)21/h4-5,8-9,12-13,15,17,19-20,22,36H,3,6-7,10-11,14,27-28H2,1-2H3,(H,32,38)(H,33,37)(H4,29,30,31)/t15-,17-,19-,20-,22-/m0/s1. The molecule has 0 fully saturated rings. The summed E-state index contributed by atoms with van der Waals surface area (Å²) in [5.41, 5.74) is 23.8. The number of fused-ring (bicyclic) bond motifs is 1. The molecular weight excluding hydrogens is 504 g/mol. The minimum absolute atomic E-state index is 0.0533. The molecule has 214 valence electrons. The average molecular weight is 545 g/mol. The van der Waals surface area contributed by atoms with Crippen molar-refractivity contribution in [2.24, 2.45) is 33.8 Å². The third-order valence-electron chi connectivity index (χ3n) is 6.58. The number of rotatable bonds is 15. The molecule has 0 saturated carbocycles. The number of nitrogens with two attached hydrogens (primary N) is 4. The zero-order chi connectivity index (χ0) is 29.1. The topological polar surface area (TPSA) is 234 Å². The molecule has 0 radical (unpaired) electrons. The highest BCUT2D eigenvalue weighted by atomic mass is 16.3.